The van der Waals surface area contributed by atoms with E-state index in [1.165, 1.54) is 23.7 Å². The molecular weight excluding hydrogens is 452 g/mol. The Balaban J connectivity index is 2.73. The lowest BCUT2D eigenvalue weighted by atomic mass is 10.0. The predicted molar refractivity (Wildman–Crippen MR) is 153 cm³/mol. The molecule has 0 fully saturated rings. The van der Waals surface area contributed by atoms with E-state index in [4.69, 9.17) is 13.6 Å². The minimum atomic E-state index is -1.76. The van der Waals surface area contributed by atoms with Crippen LogP contribution in [0.3, 0.4) is 0 Å². The summed E-state index contributed by atoms with van der Waals surface area (Å²) in [5.41, 5.74) is 1.21. The molecule has 0 aliphatic heterocycles. The zero-order valence-electron chi connectivity index (χ0n) is 23.9. The number of hydrogen-bond donors (Lipinski definition) is 0. The molecule has 0 unspecified atom stereocenters. The quantitative estimate of drug-likeness (QED) is 0.165. The summed E-state index contributed by atoms with van der Waals surface area (Å²) in [6.45, 7) is 24.5. The first-order chi connectivity index (χ1) is 15.9. The molecule has 0 saturated heterocycles. The van der Waals surface area contributed by atoms with Crippen molar-refractivity contribution in [1.82, 2.24) is 0 Å². The first-order valence-electron chi connectivity index (χ1n) is 13.5. The molecule has 0 aliphatic carbocycles. The number of rotatable bonds is 16. The second-order valence-corrected chi connectivity index (χ2v) is 21.0. The maximum atomic E-state index is 7.02. The van der Waals surface area contributed by atoms with Gasteiger partial charge in [0.2, 0.25) is 0 Å². The van der Waals surface area contributed by atoms with Gasteiger partial charge in [-0.25, -0.2) is 0 Å². The van der Waals surface area contributed by atoms with Crippen molar-refractivity contribution < 1.29 is 13.6 Å². The fraction of sp³-hybridized carbons (Fsp3) is 0.724. The van der Waals surface area contributed by atoms with Gasteiger partial charge in [-0.3, -0.25) is 0 Å². The van der Waals surface area contributed by atoms with Crippen LogP contribution < -0.4 is 0 Å². The van der Waals surface area contributed by atoms with Gasteiger partial charge in [0.1, 0.15) is 0 Å². The summed E-state index contributed by atoms with van der Waals surface area (Å²) in [7, 11) is -3.44. The Kier molecular flexibility index (Phi) is 13.6. The van der Waals surface area contributed by atoms with E-state index in [2.05, 4.69) is 105 Å². The van der Waals surface area contributed by atoms with E-state index in [1.807, 2.05) is 6.07 Å². The van der Waals surface area contributed by atoms with E-state index < -0.39 is 16.6 Å². The van der Waals surface area contributed by atoms with Crippen LogP contribution in [-0.4, -0.2) is 35.4 Å². The zero-order valence-corrected chi connectivity index (χ0v) is 25.9. The molecule has 1 aromatic carbocycles. The molecule has 0 aromatic heterocycles. The second kappa shape index (κ2) is 14.7. The van der Waals surface area contributed by atoms with Crippen LogP contribution in [0.15, 0.2) is 42.5 Å². The van der Waals surface area contributed by atoms with Crippen LogP contribution in [0.5, 0.6) is 0 Å². The molecule has 1 aromatic rings. The molecule has 34 heavy (non-hydrogen) atoms. The van der Waals surface area contributed by atoms with Crippen molar-refractivity contribution in [3.8, 4) is 0 Å². The average molecular weight is 507 g/mol. The molecule has 0 N–H and O–H groups in total. The summed E-state index contributed by atoms with van der Waals surface area (Å²) in [5.74, 6) is 0.394. The van der Waals surface area contributed by atoms with Crippen LogP contribution in [-0.2, 0) is 20.2 Å². The SMILES string of the molecule is CC[Si](CC)(CC)O[C@H](CC/C=C/[C@H](C)OCc1ccccc1)[C@@H](C)CO[Si](C)(C)C(C)(C)C. The first-order valence-corrected chi connectivity index (χ1v) is 19.0. The van der Waals surface area contributed by atoms with Gasteiger partial charge < -0.3 is 13.6 Å². The van der Waals surface area contributed by atoms with Gasteiger partial charge in [-0.05, 0) is 61.6 Å². The van der Waals surface area contributed by atoms with Crippen molar-refractivity contribution in [1.29, 1.82) is 0 Å². The standard InChI is InChI=1S/C29H54O3Si2/c1-11-34(12-2,13-3)32-28(25(4)23-31-33(9,10)29(6,7)8)22-18-17-19-26(5)30-24-27-20-15-14-16-21-27/h14-17,19-21,25-26,28H,11-13,18,22-24H2,1-10H3/b19-17+/t25-,26-,28+/m0/s1. The molecule has 0 amide bonds. The monoisotopic (exact) mass is 506 g/mol. The van der Waals surface area contributed by atoms with Crippen LogP contribution >= 0.6 is 0 Å². The van der Waals surface area contributed by atoms with Gasteiger partial charge in [0.05, 0.1) is 18.8 Å². The summed E-state index contributed by atoms with van der Waals surface area (Å²) in [5, 5.41) is 0.233. The highest BCUT2D eigenvalue weighted by Gasteiger charge is 2.39. The van der Waals surface area contributed by atoms with Gasteiger partial charge in [0, 0.05) is 12.5 Å². The third kappa shape index (κ3) is 10.5. The molecule has 5 heteroatoms. The van der Waals surface area contributed by atoms with Crippen LogP contribution in [0.4, 0.5) is 0 Å². The van der Waals surface area contributed by atoms with Crippen molar-refractivity contribution in [3.63, 3.8) is 0 Å². The zero-order chi connectivity index (χ0) is 25.8. The van der Waals surface area contributed by atoms with Crippen LogP contribution in [0, 0.1) is 5.92 Å². The fourth-order valence-electron chi connectivity index (χ4n) is 3.85. The van der Waals surface area contributed by atoms with E-state index in [-0.39, 0.29) is 17.2 Å². The Labute approximate surface area is 213 Å². The number of benzene rings is 1. The Morgan fingerprint density at radius 1 is 0.941 bits per heavy atom. The van der Waals surface area contributed by atoms with E-state index >= 15 is 0 Å². The van der Waals surface area contributed by atoms with Gasteiger partial charge in [0.15, 0.2) is 16.6 Å². The van der Waals surface area contributed by atoms with E-state index in [0.29, 0.717) is 12.5 Å². The molecule has 3 nitrogen and oxygen atoms in total. The van der Waals surface area contributed by atoms with Gasteiger partial charge in [-0.15, -0.1) is 0 Å². The van der Waals surface area contributed by atoms with Crippen molar-refractivity contribution in [2.45, 2.75) is 123 Å². The highest BCUT2D eigenvalue weighted by Crippen LogP contribution is 2.37. The smallest absolute Gasteiger partial charge is 0.192 e. The summed E-state index contributed by atoms with van der Waals surface area (Å²) >= 11 is 0. The second-order valence-electron chi connectivity index (χ2n) is 11.5. The Bertz CT molecular complexity index is 685. The van der Waals surface area contributed by atoms with Crippen molar-refractivity contribution >= 4 is 16.6 Å². The number of hydrogen-bond acceptors (Lipinski definition) is 3. The van der Waals surface area contributed by atoms with Gasteiger partial charge in [-0.1, -0.05) is 91.0 Å². The summed E-state index contributed by atoms with van der Waals surface area (Å²) in [6.07, 6.45) is 6.88. The molecule has 0 radical (unpaired) electrons. The van der Waals surface area contributed by atoms with Crippen LogP contribution in [0.2, 0.25) is 36.3 Å². The first kappa shape index (κ1) is 31.3. The maximum Gasteiger partial charge on any atom is 0.192 e. The van der Waals surface area contributed by atoms with Gasteiger partial charge in [-0.2, -0.15) is 0 Å². The Morgan fingerprint density at radius 2 is 1.53 bits per heavy atom. The molecule has 0 aliphatic rings. The maximum absolute atomic E-state index is 7.02. The molecule has 3 atom stereocenters. The Hall–Kier alpha value is -0.726. The average Bonchev–Trinajstić information content (AvgIpc) is 2.81. The van der Waals surface area contributed by atoms with Gasteiger partial charge in [0.25, 0.3) is 0 Å². The molecule has 196 valence electrons. The third-order valence-corrected chi connectivity index (χ3v) is 17.0. The molecule has 0 heterocycles. The Morgan fingerprint density at radius 3 is 2.06 bits per heavy atom. The lowest BCUT2D eigenvalue weighted by Gasteiger charge is -2.40. The summed E-state index contributed by atoms with van der Waals surface area (Å²) < 4.78 is 19.6. The molecular formula is C29H54O3Si2. The lowest BCUT2D eigenvalue weighted by Crippen LogP contribution is -2.45. The normalized spacial score (nSPS) is 16.1. The minimum absolute atomic E-state index is 0.106. The van der Waals surface area contributed by atoms with Crippen LogP contribution in [0.25, 0.3) is 0 Å². The van der Waals surface area contributed by atoms with E-state index in [0.717, 1.165) is 19.4 Å². The largest absolute Gasteiger partial charge is 0.416 e. The van der Waals surface area contributed by atoms with Crippen molar-refractivity contribution in [2.75, 3.05) is 6.61 Å². The number of allylic oxidation sites excluding steroid dienone is 1. The lowest BCUT2D eigenvalue weighted by molar-refractivity contribution is 0.0813. The summed E-state index contributed by atoms with van der Waals surface area (Å²) in [6, 6.07) is 13.9. The summed E-state index contributed by atoms with van der Waals surface area (Å²) in [4.78, 5) is 0. The van der Waals surface area contributed by atoms with E-state index in [9.17, 15) is 0 Å². The predicted octanol–water partition coefficient (Wildman–Crippen LogP) is 8.98. The van der Waals surface area contributed by atoms with E-state index in [1.54, 1.807) is 0 Å². The molecule has 0 spiro atoms. The number of ether oxygens (including phenoxy) is 1. The highest BCUT2D eigenvalue weighted by molar-refractivity contribution is 6.74. The molecule has 0 saturated carbocycles. The molecule has 1 rings (SSSR count). The van der Waals surface area contributed by atoms with Crippen molar-refractivity contribution in [3.05, 3.63) is 48.0 Å². The fourth-order valence-corrected chi connectivity index (χ4v) is 7.96. The van der Waals surface area contributed by atoms with Crippen LogP contribution in [0.1, 0.15) is 73.8 Å². The minimum Gasteiger partial charge on any atom is -0.416 e. The highest BCUT2D eigenvalue weighted by atomic mass is 28.4. The van der Waals surface area contributed by atoms with Gasteiger partial charge >= 0.3 is 0 Å². The molecule has 0 bridgehead atoms. The topological polar surface area (TPSA) is 27.7 Å². The third-order valence-electron chi connectivity index (χ3n) is 7.86. The van der Waals surface area contributed by atoms with Crippen molar-refractivity contribution in [2.24, 2.45) is 5.92 Å².